The normalized spacial score (nSPS) is 12.8. The number of unbranched alkanes of at least 4 members (excludes halogenated alkanes) is 24. The van der Waals surface area contributed by atoms with Crippen LogP contribution in [0.3, 0.4) is 0 Å². The Morgan fingerprint density at radius 1 is 0.355 bits per heavy atom. The molecule has 0 fully saturated rings. The summed E-state index contributed by atoms with van der Waals surface area (Å²) in [7, 11) is 0. The zero-order valence-electron chi connectivity index (χ0n) is 40.4. The predicted octanol–water partition coefficient (Wildman–Crippen LogP) is 16.8. The van der Waals surface area contributed by atoms with Crippen LogP contribution < -0.4 is 0 Å². The first kappa shape index (κ1) is 58.6. The van der Waals surface area contributed by atoms with E-state index >= 15 is 0 Å². The highest BCUT2D eigenvalue weighted by Gasteiger charge is 2.19. The van der Waals surface area contributed by atoms with Gasteiger partial charge in [-0.2, -0.15) is 0 Å². The molecule has 0 aromatic carbocycles. The molecule has 0 saturated heterocycles. The molecule has 0 N–H and O–H groups in total. The van der Waals surface area contributed by atoms with E-state index in [1.54, 1.807) is 0 Å². The number of allylic oxidation sites excluding steroid dienone is 14. The molecule has 0 amide bonds. The van der Waals surface area contributed by atoms with Crippen LogP contribution in [0.2, 0.25) is 0 Å². The van der Waals surface area contributed by atoms with Crippen molar-refractivity contribution in [3.8, 4) is 0 Å². The average molecular weight is 863 g/mol. The summed E-state index contributed by atoms with van der Waals surface area (Å²) in [5.74, 6) is -0.985. The van der Waals surface area contributed by atoms with Gasteiger partial charge in [0.1, 0.15) is 13.2 Å². The van der Waals surface area contributed by atoms with Gasteiger partial charge in [-0.05, 0) is 64.2 Å². The summed E-state index contributed by atoms with van der Waals surface area (Å²) in [6.45, 7) is 6.40. The molecule has 0 aromatic rings. The van der Waals surface area contributed by atoms with Gasteiger partial charge in [0.05, 0.1) is 0 Å². The number of hydrogen-bond donors (Lipinski definition) is 0. The Morgan fingerprint density at radius 3 is 1.19 bits per heavy atom. The summed E-state index contributed by atoms with van der Waals surface area (Å²) in [4.78, 5) is 37.9. The van der Waals surface area contributed by atoms with Crippen molar-refractivity contribution < 1.29 is 28.6 Å². The molecule has 0 saturated carbocycles. The molecule has 0 bridgehead atoms. The van der Waals surface area contributed by atoms with Gasteiger partial charge in [0.15, 0.2) is 6.10 Å². The molecule has 0 aliphatic carbocycles. The van der Waals surface area contributed by atoms with E-state index in [4.69, 9.17) is 14.2 Å². The lowest BCUT2D eigenvalue weighted by Crippen LogP contribution is -2.30. The summed E-state index contributed by atoms with van der Waals surface area (Å²) in [5, 5.41) is 0. The van der Waals surface area contributed by atoms with E-state index in [9.17, 15) is 14.4 Å². The summed E-state index contributed by atoms with van der Waals surface area (Å²) in [6, 6.07) is 0. The predicted molar refractivity (Wildman–Crippen MR) is 265 cm³/mol. The summed E-state index contributed by atoms with van der Waals surface area (Å²) in [5.41, 5.74) is 0. The van der Waals surface area contributed by atoms with Gasteiger partial charge in [-0.3, -0.25) is 14.4 Å². The van der Waals surface area contributed by atoms with E-state index in [0.717, 1.165) is 64.2 Å². The van der Waals surface area contributed by atoms with Gasteiger partial charge in [0.2, 0.25) is 0 Å². The Balaban J connectivity index is 4.47. The van der Waals surface area contributed by atoms with Gasteiger partial charge in [0, 0.05) is 19.3 Å². The molecule has 1 unspecified atom stereocenters. The van der Waals surface area contributed by atoms with Crippen molar-refractivity contribution in [3.05, 3.63) is 85.1 Å². The first-order valence-electron chi connectivity index (χ1n) is 25.7. The van der Waals surface area contributed by atoms with E-state index in [1.807, 2.05) is 54.7 Å². The first-order chi connectivity index (χ1) is 30.5. The van der Waals surface area contributed by atoms with Gasteiger partial charge < -0.3 is 14.2 Å². The van der Waals surface area contributed by atoms with Crippen molar-refractivity contribution in [3.63, 3.8) is 0 Å². The number of rotatable bonds is 45. The highest BCUT2D eigenvalue weighted by atomic mass is 16.6. The molecular weight excluding hydrogens is 769 g/mol. The molecule has 6 nitrogen and oxygen atoms in total. The number of carbonyl (C=O) groups is 3. The fraction of sp³-hybridized carbons (Fsp3) is 0.696. The Labute approximate surface area is 382 Å². The lowest BCUT2D eigenvalue weighted by molar-refractivity contribution is -0.167. The van der Waals surface area contributed by atoms with Crippen LogP contribution in [0, 0.1) is 0 Å². The Morgan fingerprint density at radius 2 is 0.710 bits per heavy atom. The molecule has 0 rings (SSSR count). The molecule has 62 heavy (non-hydrogen) atoms. The number of hydrogen-bond acceptors (Lipinski definition) is 6. The third kappa shape index (κ3) is 47.6. The first-order valence-corrected chi connectivity index (χ1v) is 25.7. The topological polar surface area (TPSA) is 78.9 Å². The molecule has 0 spiro atoms. The van der Waals surface area contributed by atoms with E-state index in [1.165, 1.54) is 122 Å². The summed E-state index contributed by atoms with van der Waals surface area (Å²) < 4.78 is 16.7. The molecule has 0 aromatic heterocycles. The quantitative estimate of drug-likeness (QED) is 0.0199. The van der Waals surface area contributed by atoms with Gasteiger partial charge in [-0.1, -0.05) is 234 Å². The minimum Gasteiger partial charge on any atom is -0.462 e. The second kappa shape index (κ2) is 50.2. The van der Waals surface area contributed by atoms with Crippen LogP contribution in [-0.2, 0) is 28.6 Å². The van der Waals surface area contributed by atoms with Crippen LogP contribution in [0.15, 0.2) is 85.1 Å². The van der Waals surface area contributed by atoms with Crippen molar-refractivity contribution in [1.29, 1.82) is 0 Å². The van der Waals surface area contributed by atoms with Crippen molar-refractivity contribution in [1.82, 2.24) is 0 Å². The molecule has 0 heterocycles. The van der Waals surface area contributed by atoms with Gasteiger partial charge in [-0.15, -0.1) is 0 Å². The summed E-state index contributed by atoms with van der Waals surface area (Å²) >= 11 is 0. The van der Waals surface area contributed by atoms with E-state index in [0.29, 0.717) is 19.3 Å². The fourth-order valence-electron chi connectivity index (χ4n) is 6.91. The Kier molecular flexibility index (Phi) is 47.5. The Bertz CT molecular complexity index is 1220. The number of ether oxygens (including phenoxy) is 3. The van der Waals surface area contributed by atoms with E-state index in [-0.39, 0.29) is 37.5 Å². The maximum absolute atomic E-state index is 12.8. The molecule has 6 heteroatoms. The monoisotopic (exact) mass is 863 g/mol. The lowest BCUT2D eigenvalue weighted by atomic mass is 10.0. The zero-order valence-corrected chi connectivity index (χ0v) is 40.4. The van der Waals surface area contributed by atoms with Gasteiger partial charge in [-0.25, -0.2) is 0 Å². The van der Waals surface area contributed by atoms with Crippen molar-refractivity contribution in [2.24, 2.45) is 0 Å². The largest absolute Gasteiger partial charge is 0.462 e. The molecule has 0 aliphatic heterocycles. The number of carbonyl (C=O) groups excluding carboxylic acids is 3. The average Bonchev–Trinajstić information content (AvgIpc) is 3.27. The van der Waals surface area contributed by atoms with E-state index < -0.39 is 6.10 Å². The third-order valence-electron chi connectivity index (χ3n) is 10.8. The molecule has 1 atom stereocenters. The Hall–Kier alpha value is -3.41. The molecule has 0 radical (unpaired) electrons. The van der Waals surface area contributed by atoms with Crippen LogP contribution in [0.5, 0.6) is 0 Å². The minimum absolute atomic E-state index is 0.102. The highest BCUT2D eigenvalue weighted by Crippen LogP contribution is 2.15. The maximum Gasteiger partial charge on any atom is 0.306 e. The molecular formula is C56H94O6. The second-order valence-corrected chi connectivity index (χ2v) is 16.8. The zero-order chi connectivity index (χ0) is 45.1. The SMILES string of the molecule is CC/C=C/C=C/C=C/C=C/C=C/CCCC(=O)OCC(COC(=O)CCCCCCCCC/C=C/C/C=C/CCCCC)OC(=O)CCCCCCCCCCCCCCCC. The standard InChI is InChI=1S/C56H94O6/c1-4-7-10-13-16-19-22-25-27-28-29-32-34-37-40-43-46-49-55(58)61-52-53(51-60-54(57)48-45-42-39-36-33-30-24-21-18-15-12-9-6-3)62-56(59)50-47-44-41-38-35-31-26-23-20-17-14-11-8-5-2/h9,12,15-16,18-19,21,24-25,27,30,33,36,39,53H,4-8,10-11,13-14,17,20,22-23,26,28-29,31-32,34-35,37-38,40-52H2,1-3H3/b12-9+,18-15+,19-16+,24-21+,27-25+,33-30+,39-36+. The minimum atomic E-state index is -0.806. The second-order valence-electron chi connectivity index (χ2n) is 16.8. The van der Waals surface area contributed by atoms with Crippen molar-refractivity contribution in [2.75, 3.05) is 13.2 Å². The fourth-order valence-corrected chi connectivity index (χ4v) is 6.91. The van der Waals surface area contributed by atoms with Crippen LogP contribution in [0.4, 0.5) is 0 Å². The summed E-state index contributed by atoms with van der Waals surface area (Å²) in [6.07, 6.45) is 64.3. The van der Waals surface area contributed by atoms with Crippen molar-refractivity contribution >= 4 is 17.9 Å². The van der Waals surface area contributed by atoms with Crippen LogP contribution >= 0.6 is 0 Å². The van der Waals surface area contributed by atoms with Crippen LogP contribution in [0.25, 0.3) is 0 Å². The van der Waals surface area contributed by atoms with Crippen molar-refractivity contribution in [2.45, 2.75) is 239 Å². The van der Waals surface area contributed by atoms with Crippen LogP contribution in [-0.4, -0.2) is 37.2 Å². The number of esters is 3. The molecule has 354 valence electrons. The molecule has 0 aliphatic rings. The van der Waals surface area contributed by atoms with E-state index in [2.05, 4.69) is 51.2 Å². The van der Waals surface area contributed by atoms with Gasteiger partial charge >= 0.3 is 17.9 Å². The highest BCUT2D eigenvalue weighted by molar-refractivity contribution is 5.71. The maximum atomic E-state index is 12.8. The smallest absolute Gasteiger partial charge is 0.306 e. The van der Waals surface area contributed by atoms with Crippen LogP contribution in [0.1, 0.15) is 233 Å². The third-order valence-corrected chi connectivity index (χ3v) is 10.8. The van der Waals surface area contributed by atoms with Gasteiger partial charge in [0.25, 0.3) is 0 Å². The lowest BCUT2D eigenvalue weighted by Gasteiger charge is -2.18.